The summed E-state index contributed by atoms with van der Waals surface area (Å²) in [5.74, 6) is 2.60. The summed E-state index contributed by atoms with van der Waals surface area (Å²) in [5, 5.41) is 0. The highest BCUT2D eigenvalue weighted by Crippen LogP contribution is 2.29. The molecule has 1 unspecified atom stereocenters. The minimum atomic E-state index is 0.116. The molecule has 2 heteroatoms. The summed E-state index contributed by atoms with van der Waals surface area (Å²) in [6, 6.07) is 0. The molecule has 0 N–H and O–H groups in total. The van der Waals surface area contributed by atoms with Crippen molar-refractivity contribution in [3.8, 4) is 0 Å². The first-order chi connectivity index (χ1) is 3.31. The Hall–Kier alpha value is 0.700. The summed E-state index contributed by atoms with van der Waals surface area (Å²) in [6.45, 7) is 4.41. The average molecular weight is 138 g/mol. The van der Waals surface area contributed by atoms with Crippen molar-refractivity contribution in [3.05, 3.63) is 0 Å². The molecule has 0 bridgehead atoms. The van der Waals surface area contributed by atoms with Crippen molar-refractivity contribution in [1.29, 1.82) is 0 Å². The van der Waals surface area contributed by atoms with E-state index in [0.29, 0.717) is 0 Å². The Morgan fingerprint density at radius 1 is 1.43 bits per heavy atom. The molecule has 1 atom stereocenters. The van der Waals surface area contributed by atoms with Gasteiger partial charge in [-0.25, -0.2) is 9.93 Å². The van der Waals surface area contributed by atoms with Gasteiger partial charge in [-0.05, 0) is 17.9 Å². The van der Waals surface area contributed by atoms with E-state index in [2.05, 4.69) is 25.5 Å². The number of hydrogen-bond donors (Lipinski definition) is 2. The van der Waals surface area contributed by atoms with Gasteiger partial charge in [-0.1, -0.05) is 13.8 Å². The molecular weight excluding hydrogens is 124 g/mol. The fourth-order valence-corrected chi connectivity index (χ4v) is 1.85. The lowest BCUT2D eigenvalue weighted by molar-refractivity contribution is 1.10. The first-order valence-corrected chi connectivity index (χ1v) is 5.61. The van der Waals surface area contributed by atoms with E-state index >= 15 is 0 Å². The van der Waals surface area contributed by atoms with Gasteiger partial charge in [0.25, 0.3) is 0 Å². The van der Waals surface area contributed by atoms with Gasteiger partial charge in [-0.3, -0.25) is 0 Å². The average Bonchev–Trinajstić information content (AvgIpc) is 1.68. The van der Waals surface area contributed by atoms with Crippen LogP contribution in [0.5, 0.6) is 0 Å². The molecule has 0 saturated heterocycles. The van der Waals surface area contributed by atoms with Crippen molar-refractivity contribution < 1.29 is 0 Å². The van der Waals surface area contributed by atoms with Crippen LogP contribution in [0.25, 0.3) is 0 Å². The third kappa shape index (κ3) is 4.56. The minimum absolute atomic E-state index is 0.116. The normalized spacial score (nSPS) is 16.7. The molecule has 46 valence electrons. The monoisotopic (exact) mass is 138 g/mol. The van der Waals surface area contributed by atoms with Gasteiger partial charge < -0.3 is 0 Å². The zero-order valence-electron chi connectivity index (χ0n) is 5.02. The van der Waals surface area contributed by atoms with Crippen LogP contribution in [0.4, 0.5) is 0 Å². The van der Waals surface area contributed by atoms with Crippen molar-refractivity contribution in [1.82, 2.24) is 0 Å². The van der Waals surface area contributed by atoms with Crippen LogP contribution in [0.2, 0.25) is 0 Å². The van der Waals surface area contributed by atoms with E-state index in [1.54, 1.807) is 0 Å². The molecule has 0 aromatic heterocycles. The Balaban J connectivity index is 2.83. The summed E-state index contributed by atoms with van der Waals surface area (Å²) in [6.07, 6.45) is 1.29. The molecule has 0 aromatic carbocycles. The summed E-state index contributed by atoms with van der Waals surface area (Å²) in [4.78, 5) is 0. The van der Waals surface area contributed by atoms with E-state index < -0.39 is 0 Å². The first-order valence-electron chi connectivity index (χ1n) is 2.75. The van der Waals surface area contributed by atoms with Gasteiger partial charge in [-0.15, -0.1) is 11.7 Å². The standard InChI is InChI=1S/C5H14S2/c1-3-5-7(6)4-2/h6-7H,3-5H2,1-2H3. The summed E-state index contributed by atoms with van der Waals surface area (Å²) < 4.78 is 0. The van der Waals surface area contributed by atoms with Crippen LogP contribution in [-0.2, 0) is 0 Å². The summed E-state index contributed by atoms with van der Waals surface area (Å²) >= 11 is 4.37. The van der Waals surface area contributed by atoms with Gasteiger partial charge in [0.1, 0.15) is 0 Å². The van der Waals surface area contributed by atoms with E-state index in [4.69, 9.17) is 0 Å². The lowest BCUT2D eigenvalue weighted by atomic mass is 10.6. The minimum Gasteiger partial charge on any atom is -0.208 e. The molecule has 0 rings (SSSR count). The molecule has 0 aliphatic heterocycles. The number of thiol groups is 2. The smallest absolute Gasteiger partial charge is 0.0172 e. The molecule has 0 spiro atoms. The molecule has 0 aromatic rings. The highest BCUT2D eigenvalue weighted by Gasteiger charge is 1.87. The second-order valence-corrected chi connectivity index (χ2v) is 5.34. The van der Waals surface area contributed by atoms with Gasteiger partial charge in [0.15, 0.2) is 0 Å². The van der Waals surface area contributed by atoms with Crippen LogP contribution in [0, 0.1) is 0 Å². The lowest BCUT2D eigenvalue weighted by Crippen LogP contribution is -1.80. The maximum atomic E-state index is 4.37. The largest absolute Gasteiger partial charge is 0.208 e. The van der Waals surface area contributed by atoms with E-state index in [1.165, 1.54) is 17.9 Å². The Bertz CT molecular complexity index is 37.1. The zero-order chi connectivity index (χ0) is 5.70. The van der Waals surface area contributed by atoms with Crippen molar-refractivity contribution in [3.63, 3.8) is 0 Å². The summed E-state index contributed by atoms with van der Waals surface area (Å²) in [7, 11) is 0.116. The second-order valence-electron chi connectivity index (χ2n) is 1.55. The maximum Gasteiger partial charge on any atom is -0.0172 e. The van der Waals surface area contributed by atoms with E-state index in [1.807, 2.05) is 0 Å². The first kappa shape index (κ1) is 7.70. The highest BCUT2D eigenvalue weighted by atomic mass is 33.1. The Morgan fingerprint density at radius 3 is 2.14 bits per heavy atom. The molecule has 0 aliphatic rings. The molecule has 0 heterocycles. The zero-order valence-corrected chi connectivity index (χ0v) is 6.80. The molecular formula is C5H14S2. The van der Waals surface area contributed by atoms with Gasteiger partial charge in [-0.2, -0.15) is 0 Å². The van der Waals surface area contributed by atoms with Crippen LogP contribution in [0.1, 0.15) is 20.3 Å². The van der Waals surface area contributed by atoms with Gasteiger partial charge in [0.2, 0.25) is 0 Å². The van der Waals surface area contributed by atoms with E-state index in [-0.39, 0.29) is 9.93 Å². The Morgan fingerprint density at radius 2 is 2.00 bits per heavy atom. The molecule has 0 aliphatic carbocycles. The Kier molecular flexibility index (Phi) is 5.33. The summed E-state index contributed by atoms with van der Waals surface area (Å²) in [5.41, 5.74) is 0. The molecule has 0 nitrogen and oxygen atoms in total. The van der Waals surface area contributed by atoms with Gasteiger partial charge in [0.05, 0.1) is 0 Å². The number of rotatable bonds is 3. The van der Waals surface area contributed by atoms with Crippen LogP contribution in [0.3, 0.4) is 0 Å². The quantitative estimate of drug-likeness (QED) is 0.434. The SMILES string of the molecule is CCC[SH](S)CC. The lowest BCUT2D eigenvalue weighted by Gasteiger charge is -2.07. The van der Waals surface area contributed by atoms with Gasteiger partial charge in [0, 0.05) is 0 Å². The van der Waals surface area contributed by atoms with Crippen LogP contribution < -0.4 is 0 Å². The van der Waals surface area contributed by atoms with Crippen molar-refractivity contribution >= 4 is 21.6 Å². The maximum absolute atomic E-state index is 4.37. The fraction of sp³-hybridized carbons (Fsp3) is 1.00. The predicted molar refractivity (Wildman–Crippen MR) is 43.7 cm³/mol. The third-order valence-corrected chi connectivity index (χ3v) is 3.99. The van der Waals surface area contributed by atoms with Gasteiger partial charge >= 0.3 is 0 Å². The van der Waals surface area contributed by atoms with Crippen LogP contribution >= 0.6 is 21.6 Å². The van der Waals surface area contributed by atoms with Crippen molar-refractivity contribution in [2.24, 2.45) is 0 Å². The van der Waals surface area contributed by atoms with Crippen LogP contribution in [0.15, 0.2) is 0 Å². The van der Waals surface area contributed by atoms with Crippen molar-refractivity contribution in [2.75, 3.05) is 11.5 Å². The Labute approximate surface area is 53.8 Å². The topological polar surface area (TPSA) is 0 Å². The van der Waals surface area contributed by atoms with E-state index in [0.717, 1.165) is 0 Å². The third-order valence-electron chi connectivity index (χ3n) is 0.847. The number of hydrogen-bond acceptors (Lipinski definition) is 1. The highest BCUT2D eigenvalue weighted by molar-refractivity contribution is 8.78. The predicted octanol–water partition coefficient (Wildman–Crippen LogP) is 2.26. The molecule has 0 fully saturated rings. The van der Waals surface area contributed by atoms with Crippen molar-refractivity contribution in [2.45, 2.75) is 20.3 Å². The van der Waals surface area contributed by atoms with Crippen LogP contribution in [-0.4, -0.2) is 11.5 Å². The second kappa shape index (κ2) is 4.85. The van der Waals surface area contributed by atoms with E-state index in [9.17, 15) is 0 Å². The molecule has 0 radical (unpaired) electrons. The fourth-order valence-electron chi connectivity index (χ4n) is 0.416. The molecule has 0 amide bonds. The molecule has 0 saturated carbocycles. The molecule has 7 heavy (non-hydrogen) atoms.